The number of hydrogen-bond donors (Lipinski definition) is 1. The maximum absolute atomic E-state index is 10.2. The van der Waals surface area contributed by atoms with Crippen LogP contribution < -0.4 is 0 Å². The molecule has 0 aliphatic carbocycles. The molecule has 0 saturated heterocycles. The first-order chi connectivity index (χ1) is 7.67. The van der Waals surface area contributed by atoms with E-state index >= 15 is 0 Å². The molecule has 1 N–H and O–H groups in total. The van der Waals surface area contributed by atoms with E-state index in [-0.39, 0.29) is 6.10 Å². The molecule has 2 nitrogen and oxygen atoms in total. The number of thiazole rings is 1. The summed E-state index contributed by atoms with van der Waals surface area (Å²) in [7, 11) is 0. The minimum absolute atomic E-state index is 0.224. The molecule has 0 fully saturated rings. The van der Waals surface area contributed by atoms with Crippen LogP contribution in [0.5, 0.6) is 0 Å². The normalized spacial score (nSPS) is 15.0. The average molecular weight is 241 g/mol. The molecule has 0 radical (unpaired) electrons. The lowest BCUT2D eigenvalue weighted by Gasteiger charge is -2.20. The molecule has 92 valence electrons. The standard InChI is InChI=1S/C13H23NOS/c1-4-6-7-11(5-2)13(15)8-12-9-16-10(3)14-12/h9,11,13,15H,4-8H2,1-3H3. The lowest BCUT2D eigenvalue weighted by Crippen LogP contribution is -2.22. The van der Waals surface area contributed by atoms with Crippen molar-refractivity contribution in [1.82, 2.24) is 4.98 Å². The van der Waals surface area contributed by atoms with Gasteiger partial charge in [0, 0.05) is 11.8 Å². The van der Waals surface area contributed by atoms with Gasteiger partial charge in [-0.2, -0.15) is 0 Å². The van der Waals surface area contributed by atoms with Crippen LogP contribution in [-0.4, -0.2) is 16.2 Å². The fourth-order valence-corrected chi connectivity index (χ4v) is 2.64. The Hall–Kier alpha value is -0.410. The van der Waals surface area contributed by atoms with Crippen LogP contribution in [0.1, 0.15) is 50.2 Å². The molecule has 0 amide bonds. The van der Waals surface area contributed by atoms with Gasteiger partial charge in [0.05, 0.1) is 16.8 Å². The SMILES string of the molecule is CCCCC(CC)C(O)Cc1csc(C)n1. The molecule has 16 heavy (non-hydrogen) atoms. The van der Waals surface area contributed by atoms with Crippen molar-refractivity contribution in [2.24, 2.45) is 5.92 Å². The van der Waals surface area contributed by atoms with Crippen molar-refractivity contribution in [2.45, 2.75) is 59.0 Å². The Balaban J connectivity index is 2.45. The van der Waals surface area contributed by atoms with E-state index in [0.717, 1.165) is 23.5 Å². The highest BCUT2D eigenvalue weighted by Crippen LogP contribution is 2.20. The average Bonchev–Trinajstić information content (AvgIpc) is 2.65. The van der Waals surface area contributed by atoms with Crippen LogP contribution in [0.15, 0.2) is 5.38 Å². The molecule has 1 aromatic heterocycles. The monoisotopic (exact) mass is 241 g/mol. The van der Waals surface area contributed by atoms with E-state index in [1.807, 2.05) is 6.92 Å². The zero-order valence-corrected chi connectivity index (χ0v) is 11.4. The van der Waals surface area contributed by atoms with E-state index in [2.05, 4.69) is 24.2 Å². The van der Waals surface area contributed by atoms with Crippen LogP contribution in [0.4, 0.5) is 0 Å². The number of hydrogen-bond acceptors (Lipinski definition) is 3. The number of aliphatic hydroxyl groups is 1. The van der Waals surface area contributed by atoms with E-state index in [0.29, 0.717) is 12.3 Å². The summed E-state index contributed by atoms with van der Waals surface area (Å²) in [6.07, 6.45) is 5.11. The number of aliphatic hydroxyl groups excluding tert-OH is 1. The minimum Gasteiger partial charge on any atom is -0.392 e. The van der Waals surface area contributed by atoms with Crippen molar-refractivity contribution in [1.29, 1.82) is 0 Å². The lowest BCUT2D eigenvalue weighted by molar-refractivity contribution is 0.0979. The van der Waals surface area contributed by atoms with Crippen molar-refractivity contribution >= 4 is 11.3 Å². The van der Waals surface area contributed by atoms with E-state index in [1.165, 1.54) is 12.8 Å². The summed E-state index contributed by atoms with van der Waals surface area (Å²) in [6.45, 7) is 6.37. The van der Waals surface area contributed by atoms with Gasteiger partial charge in [0.1, 0.15) is 0 Å². The summed E-state index contributed by atoms with van der Waals surface area (Å²) in [6, 6.07) is 0. The van der Waals surface area contributed by atoms with Gasteiger partial charge in [-0.05, 0) is 19.3 Å². The zero-order chi connectivity index (χ0) is 12.0. The van der Waals surface area contributed by atoms with Crippen molar-refractivity contribution in [3.63, 3.8) is 0 Å². The molecule has 2 atom stereocenters. The molecule has 0 bridgehead atoms. The van der Waals surface area contributed by atoms with Gasteiger partial charge in [0.15, 0.2) is 0 Å². The van der Waals surface area contributed by atoms with E-state index < -0.39 is 0 Å². The zero-order valence-electron chi connectivity index (χ0n) is 10.6. The number of nitrogens with zero attached hydrogens (tertiary/aromatic N) is 1. The Morgan fingerprint density at radius 3 is 2.69 bits per heavy atom. The van der Waals surface area contributed by atoms with Crippen molar-refractivity contribution in [3.05, 3.63) is 16.1 Å². The van der Waals surface area contributed by atoms with E-state index in [4.69, 9.17) is 0 Å². The predicted molar refractivity (Wildman–Crippen MR) is 69.9 cm³/mol. The Morgan fingerprint density at radius 1 is 1.44 bits per heavy atom. The van der Waals surface area contributed by atoms with Crippen LogP contribution in [0.25, 0.3) is 0 Å². The summed E-state index contributed by atoms with van der Waals surface area (Å²) < 4.78 is 0. The van der Waals surface area contributed by atoms with Gasteiger partial charge in [-0.25, -0.2) is 4.98 Å². The number of aryl methyl sites for hydroxylation is 1. The summed E-state index contributed by atoms with van der Waals surface area (Å²) in [5, 5.41) is 13.3. The third-order valence-corrected chi connectivity index (χ3v) is 3.90. The highest BCUT2D eigenvalue weighted by molar-refractivity contribution is 7.09. The molecule has 1 aromatic rings. The van der Waals surface area contributed by atoms with Gasteiger partial charge >= 0.3 is 0 Å². The van der Waals surface area contributed by atoms with Gasteiger partial charge in [0.25, 0.3) is 0 Å². The molecule has 0 aliphatic heterocycles. The van der Waals surface area contributed by atoms with Gasteiger partial charge in [-0.3, -0.25) is 0 Å². The van der Waals surface area contributed by atoms with Gasteiger partial charge in [0.2, 0.25) is 0 Å². The quantitative estimate of drug-likeness (QED) is 0.791. The third-order valence-electron chi connectivity index (χ3n) is 3.08. The van der Waals surface area contributed by atoms with Crippen LogP contribution in [-0.2, 0) is 6.42 Å². The summed E-state index contributed by atoms with van der Waals surface area (Å²) in [5.41, 5.74) is 1.05. The smallest absolute Gasteiger partial charge is 0.0897 e. The molecule has 1 rings (SSSR count). The van der Waals surface area contributed by atoms with Crippen molar-refractivity contribution < 1.29 is 5.11 Å². The first-order valence-electron chi connectivity index (χ1n) is 6.26. The maximum atomic E-state index is 10.2. The van der Waals surface area contributed by atoms with Gasteiger partial charge < -0.3 is 5.11 Å². The first-order valence-corrected chi connectivity index (χ1v) is 7.14. The second-order valence-corrected chi connectivity index (χ2v) is 5.50. The summed E-state index contributed by atoms with van der Waals surface area (Å²) >= 11 is 1.66. The molecular formula is C13H23NOS. The topological polar surface area (TPSA) is 33.1 Å². The predicted octanol–water partition coefficient (Wildman–Crippen LogP) is 3.57. The number of aromatic nitrogens is 1. The van der Waals surface area contributed by atoms with Crippen LogP contribution in [0.2, 0.25) is 0 Å². The lowest BCUT2D eigenvalue weighted by atomic mass is 9.91. The summed E-state index contributed by atoms with van der Waals surface area (Å²) in [4.78, 5) is 4.41. The molecule has 3 heteroatoms. The second kappa shape index (κ2) is 7.02. The summed E-state index contributed by atoms with van der Waals surface area (Å²) in [5.74, 6) is 0.432. The van der Waals surface area contributed by atoms with Crippen LogP contribution in [0, 0.1) is 12.8 Å². The molecule has 2 unspecified atom stereocenters. The Labute approximate surface area is 103 Å². The Morgan fingerprint density at radius 2 is 2.19 bits per heavy atom. The maximum Gasteiger partial charge on any atom is 0.0897 e. The van der Waals surface area contributed by atoms with Gasteiger partial charge in [-0.15, -0.1) is 11.3 Å². The third kappa shape index (κ3) is 4.22. The van der Waals surface area contributed by atoms with Crippen molar-refractivity contribution in [3.8, 4) is 0 Å². The highest BCUT2D eigenvalue weighted by atomic mass is 32.1. The largest absolute Gasteiger partial charge is 0.392 e. The fourth-order valence-electron chi connectivity index (χ4n) is 2.02. The fraction of sp³-hybridized carbons (Fsp3) is 0.769. The molecular weight excluding hydrogens is 218 g/mol. The Bertz CT molecular complexity index is 298. The minimum atomic E-state index is -0.224. The van der Waals surface area contributed by atoms with E-state index in [9.17, 15) is 5.11 Å². The van der Waals surface area contributed by atoms with Crippen molar-refractivity contribution in [2.75, 3.05) is 0 Å². The van der Waals surface area contributed by atoms with Crippen LogP contribution >= 0.6 is 11.3 Å². The Kier molecular flexibility index (Phi) is 5.99. The molecule has 0 spiro atoms. The molecule has 0 aromatic carbocycles. The number of unbranched alkanes of at least 4 members (excludes halogenated alkanes) is 1. The molecule has 1 heterocycles. The molecule has 0 saturated carbocycles. The van der Waals surface area contributed by atoms with E-state index in [1.54, 1.807) is 11.3 Å². The second-order valence-electron chi connectivity index (χ2n) is 4.44. The molecule has 0 aliphatic rings. The number of rotatable bonds is 7. The van der Waals surface area contributed by atoms with Crippen LogP contribution in [0.3, 0.4) is 0 Å². The first kappa shape index (κ1) is 13.7. The highest BCUT2D eigenvalue weighted by Gasteiger charge is 2.18. The van der Waals surface area contributed by atoms with Gasteiger partial charge in [-0.1, -0.05) is 33.1 Å².